The predicted octanol–water partition coefficient (Wildman–Crippen LogP) is -0.358. The van der Waals surface area contributed by atoms with Crippen LogP contribution >= 0.6 is 0 Å². The SMILES string of the molecule is O=C1CC2CC(=O)C(O)CC2O1. The van der Waals surface area contributed by atoms with Crippen molar-refractivity contribution in [1.82, 2.24) is 0 Å². The van der Waals surface area contributed by atoms with Gasteiger partial charge in [-0.2, -0.15) is 0 Å². The van der Waals surface area contributed by atoms with Crippen molar-refractivity contribution >= 4 is 11.8 Å². The van der Waals surface area contributed by atoms with Gasteiger partial charge in [-0.05, 0) is 0 Å². The van der Waals surface area contributed by atoms with Gasteiger partial charge in [0, 0.05) is 18.8 Å². The number of ketones is 1. The normalized spacial score (nSPS) is 40.9. The number of esters is 1. The van der Waals surface area contributed by atoms with Crippen LogP contribution in [0.4, 0.5) is 0 Å². The summed E-state index contributed by atoms with van der Waals surface area (Å²) in [7, 11) is 0. The molecule has 2 aliphatic rings. The minimum Gasteiger partial charge on any atom is -0.462 e. The Morgan fingerprint density at radius 1 is 1.33 bits per heavy atom. The maximum Gasteiger partial charge on any atom is 0.306 e. The fraction of sp³-hybridized carbons (Fsp3) is 0.750. The highest BCUT2D eigenvalue weighted by molar-refractivity contribution is 5.85. The van der Waals surface area contributed by atoms with Crippen molar-refractivity contribution in [1.29, 1.82) is 0 Å². The van der Waals surface area contributed by atoms with Gasteiger partial charge in [0.1, 0.15) is 12.2 Å². The predicted molar refractivity (Wildman–Crippen MR) is 38.2 cm³/mol. The Labute approximate surface area is 69.5 Å². The van der Waals surface area contributed by atoms with Crippen LogP contribution in [0.5, 0.6) is 0 Å². The van der Waals surface area contributed by atoms with Gasteiger partial charge in [0.2, 0.25) is 0 Å². The Balaban J connectivity index is 2.10. The second kappa shape index (κ2) is 2.55. The van der Waals surface area contributed by atoms with Crippen LogP contribution in [0, 0.1) is 5.92 Å². The number of carbonyl (C=O) groups excluding carboxylic acids is 2. The summed E-state index contributed by atoms with van der Waals surface area (Å²) in [6, 6.07) is 0. The summed E-state index contributed by atoms with van der Waals surface area (Å²) < 4.78 is 4.93. The fourth-order valence-corrected chi connectivity index (χ4v) is 1.85. The maximum atomic E-state index is 11.0. The van der Waals surface area contributed by atoms with Gasteiger partial charge in [-0.3, -0.25) is 9.59 Å². The Morgan fingerprint density at radius 2 is 2.08 bits per heavy atom. The van der Waals surface area contributed by atoms with E-state index in [1.165, 1.54) is 0 Å². The van der Waals surface area contributed by atoms with Gasteiger partial charge in [0.25, 0.3) is 0 Å². The molecule has 2 rings (SSSR count). The molecule has 3 unspecified atom stereocenters. The van der Waals surface area contributed by atoms with E-state index in [2.05, 4.69) is 0 Å². The van der Waals surface area contributed by atoms with E-state index in [1.54, 1.807) is 0 Å². The van der Waals surface area contributed by atoms with Crippen molar-refractivity contribution in [2.45, 2.75) is 31.5 Å². The highest BCUT2D eigenvalue weighted by Crippen LogP contribution is 2.33. The third-order valence-electron chi connectivity index (χ3n) is 2.53. The van der Waals surface area contributed by atoms with E-state index in [0.29, 0.717) is 6.42 Å². The van der Waals surface area contributed by atoms with E-state index in [1.807, 2.05) is 0 Å². The number of hydrogen-bond donors (Lipinski definition) is 1. The van der Waals surface area contributed by atoms with Crippen molar-refractivity contribution < 1.29 is 19.4 Å². The molecule has 66 valence electrons. The molecule has 1 aliphatic carbocycles. The molecule has 1 aliphatic heterocycles. The topological polar surface area (TPSA) is 63.6 Å². The molecule has 0 amide bonds. The molecule has 0 aromatic carbocycles. The smallest absolute Gasteiger partial charge is 0.306 e. The molecule has 0 aromatic rings. The van der Waals surface area contributed by atoms with Gasteiger partial charge < -0.3 is 9.84 Å². The van der Waals surface area contributed by atoms with Crippen molar-refractivity contribution in [2.75, 3.05) is 0 Å². The zero-order valence-corrected chi connectivity index (χ0v) is 6.53. The van der Waals surface area contributed by atoms with Gasteiger partial charge in [-0.15, -0.1) is 0 Å². The van der Waals surface area contributed by atoms with Gasteiger partial charge >= 0.3 is 5.97 Å². The maximum absolute atomic E-state index is 11.0. The lowest BCUT2D eigenvalue weighted by atomic mass is 9.84. The molecule has 1 heterocycles. The third-order valence-corrected chi connectivity index (χ3v) is 2.53. The Hall–Kier alpha value is -0.900. The number of hydrogen-bond acceptors (Lipinski definition) is 4. The van der Waals surface area contributed by atoms with E-state index in [4.69, 9.17) is 4.74 Å². The molecule has 0 spiro atoms. The van der Waals surface area contributed by atoms with Crippen LogP contribution < -0.4 is 0 Å². The molecule has 1 saturated carbocycles. The number of aliphatic hydroxyl groups is 1. The summed E-state index contributed by atoms with van der Waals surface area (Å²) in [6.45, 7) is 0. The second-order valence-electron chi connectivity index (χ2n) is 3.41. The third kappa shape index (κ3) is 1.12. The van der Waals surface area contributed by atoms with Crippen LogP contribution in [-0.4, -0.2) is 29.1 Å². The number of aliphatic hydroxyl groups excluding tert-OH is 1. The minimum atomic E-state index is -0.919. The molecule has 3 atom stereocenters. The number of rotatable bonds is 0. The average molecular weight is 170 g/mol. The highest BCUT2D eigenvalue weighted by atomic mass is 16.6. The molecule has 1 saturated heterocycles. The Kier molecular flexibility index (Phi) is 1.65. The molecule has 4 nitrogen and oxygen atoms in total. The Bertz CT molecular complexity index is 235. The first-order valence-corrected chi connectivity index (χ1v) is 4.07. The largest absolute Gasteiger partial charge is 0.462 e. The van der Waals surface area contributed by atoms with Crippen LogP contribution in [0.2, 0.25) is 0 Å². The van der Waals surface area contributed by atoms with Crippen LogP contribution in [0.3, 0.4) is 0 Å². The summed E-state index contributed by atoms with van der Waals surface area (Å²) in [5.74, 6) is -0.380. The number of Topliss-reactive ketones (excluding diaryl/α,β-unsaturated/α-hetero) is 1. The first-order valence-electron chi connectivity index (χ1n) is 4.07. The summed E-state index contributed by atoms with van der Waals surface area (Å²) >= 11 is 0. The molecule has 0 bridgehead atoms. The first-order chi connectivity index (χ1) is 5.66. The zero-order valence-electron chi connectivity index (χ0n) is 6.53. The first kappa shape index (κ1) is 7.73. The average Bonchev–Trinajstić information content (AvgIpc) is 2.30. The molecular weight excluding hydrogens is 160 g/mol. The van der Waals surface area contributed by atoms with Crippen LogP contribution in [0.25, 0.3) is 0 Å². The van der Waals surface area contributed by atoms with Crippen molar-refractivity contribution in [3.8, 4) is 0 Å². The van der Waals surface area contributed by atoms with Crippen LogP contribution in [0.1, 0.15) is 19.3 Å². The van der Waals surface area contributed by atoms with Crippen LogP contribution in [0.15, 0.2) is 0 Å². The monoisotopic (exact) mass is 170 g/mol. The van der Waals surface area contributed by atoms with Gasteiger partial charge in [0.15, 0.2) is 5.78 Å². The number of carbonyl (C=O) groups is 2. The molecule has 4 heteroatoms. The van der Waals surface area contributed by atoms with Gasteiger partial charge in [-0.1, -0.05) is 0 Å². The van der Waals surface area contributed by atoms with Gasteiger partial charge in [-0.25, -0.2) is 0 Å². The Morgan fingerprint density at radius 3 is 2.83 bits per heavy atom. The van der Waals surface area contributed by atoms with E-state index < -0.39 is 6.10 Å². The van der Waals surface area contributed by atoms with E-state index in [0.717, 1.165) is 0 Å². The minimum absolute atomic E-state index is 0.0217. The molecular formula is C8H10O4. The number of ether oxygens (including phenoxy) is 1. The standard InChI is InChI=1S/C8H10O4/c9-5-1-4-2-8(11)12-7(4)3-6(5)10/h4,6-7,10H,1-3H2. The zero-order chi connectivity index (χ0) is 8.72. The lowest BCUT2D eigenvalue weighted by molar-refractivity contribution is -0.146. The highest BCUT2D eigenvalue weighted by Gasteiger charge is 2.42. The van der Waals surface area contributed by atoms with E-state index in [9.17, 15) is 14.7 Å². The molecule has 12 heavy (non-hydrogen) atoms. The molecule has 0 radical (unpaired) electrons. The van der Waals surface area contributed by atoms with E-state index in [-0.39, 0.29) is 36.6 Å². The summed E-state index contributed by atoms with van der Waals surface area (Å²) in [5.41, 5.74) is 0. The molecule has 2 fully saturated rings. The molecule has 0 aromatic heterocycles. The quantitative estimate of drug-likeness (QED) is 0.504. The summed E-state index contributed by atoms with van der Waals surface area (Å²) in [5, 5.41) is 9.17. The second-order valence-corrected chi connectivity index (χ2v) is 3.41. The fourth-order valence-electron chi connectivity index (χ4n) is 1.85. The lowest BCUT2D eigenvalue weighted by Gasteiger charge is -2.25. The van der Waals surface area contributed by atoms with E-state index >= 15 is 0 Å². The van der Waals surface area contributed by atoms with Crippen LogP contribution in [-0.2, 0) is 14.3 Å². The summed E-state index contributed by atoms with van der Waals surface area (Å²) in [4.78, 5) is 21.8. The molecule has 1 N–H and O–H groups in total. The summed E-state index contributed by atoms with van der Waals surface area (Å²) in [6.07, 6.45) is -0.224. The van der Waals surface area contributed by atoms with Crippen molar-refractivity contribution in [3.05, 3.63) is 0 Å². The van der Waals surface area contributed by atoms with Gasteiger partial charge in [0.05, 0.1) is 6.42 Å². The number of fused-ring (bicyclic) bond motifs is 1. The van der Waals surface area contributed by atoms with Crippen molar-refractivity contribution in [2.24, 2.45) is 5.92 Å². The lowest BCUT2D eigenvalue weighted by Crippen LogP contribution is -2.36. The van der Waals surface area contributed by atoms with Crippen molar-refractivity contribution in [3.63, 3.8) is 0 Å².